The summed E-state index contributed by atoms with van der Waals surface area (Å²) < 4.78 is 0. The molecule has 0 unspecified atom stereocenters. The lowest BCUT2D eigenvalue weighted by molar-refractivity contribution is -0.164. The van der Waals surface area contributed by atoms with E-state index in [1.165, 1.54) is 0 Å². The molecule has 20 heavy (non-hydrogen) atoms. The zero-order chi connectivity index (χ0) is 15.4. The van der Waals surface area contributed by atoms with Crippen molar-refractivity contribution >= 4 is 23.6 Å². The SMILES string of the molecule is CCC1(CC)NC(=O)C(CC)(CC)N(CCSC)C1=O. The molecule has 0 aromatic heterocycles. The van der Waals surface area contributed by atoms with Gasteiger partial charge in [-0.05, 0) is 31.9 Å². The van der Waals surface area contributed by atoms with Crippen LogP contribution in [0.5, 0.6) is 0 Å². The van der Waals surface area contributed by atoms with E-state index in [0.29, 0.717) is 32.2 Å². The fourth-order valence-electron chi connectivity index (χ4n) is 3.14. The highest BCUT2D eigenvalue weighted by molar-refractivity contribution is 7.98. The third-order valence-electron chi connectivity index (χ3n) is 4.84. The molecule has 4 nitrogen and oxygen atoms in total. The van der Waals surface area contributed by atoms with Crippen molar-refractivity contribution in [2.75, 3.05) is 18.6 Å². The number of hydrogen-bond acceptors (Lipinski definition) is 3. The molecule has 1 fully saturated rings. The lowest BCUT2D eigenvalue weighted by Crippen LogP contribution is -2.75. The summed E-state index contributed by atoms with van der Waals surface area (Å²) in [5.41, 5.74) is -1.37. The summed E-state index contributed by atoms with van der Waals surface area (Å²) in [5.74, 6) is 0.983. The number of hydrogen-bond donors (Lipinski definition) is 1. The molecule has 1 rings (SSSR count). The van der Waals surface area contributed by atoms with Crippen LogP contribution in [-0.2, 0) is 9.59 Å². The van der Waals surface area contributed by atoms with Gasteiger partial charge in [0.1, 0.15) is 11.1 Å². The molecule has 5 heteroatoms. The van der Waals surface area contributed by atoms with Gasteiger partial charge in [0, 0.05) is 12.3 Å². The highest BCUT2D eigenvalue weighted by Gasteiger charge is 2.55. The van der Waals surface area contributed by atoms with Gasteiger partial charge in [0.05, 0.1) is 0 Å². The molecule has 0 aliphatic carbocycles. The minimum absolute atomic E-state index is 0.0203. The Labute approximate surface area is 127 Å². The Morgan fingerprint density at radius 1 is 1.05 bits per heavy atom. The van der Waals surface area contributed by atoms with E-state index in [0.717, 1.165) is 5.75 Å². The lowest BCUT2D eigenvalue weighted by Gasteiger charge is -2.52. The van der Waals surface area contributed by atoms with Crippen molar-refractivity contribution in [1.82, 2.24) is 10.2 Å². The minimum atomic E-state index is -0.705. The first-order chi connectivity index (χ1) is 9.47. The molecule has 0 saturated carbocycles. The third-order valence-corrected chi connectivity index (χ3v) is 5.43. The van der Waals surface area contributed by atoms with Crippen LogP contribution in [0.2, 0.25) is 0 Å². The Hall–Kier alpha value is -0.710. The molecule has 0 radical (unpaired) electrons. The maximum absolute atomic E-state index is 13.0. The molecule has 1 saturated heterocycles. The number of thioether (sulfide) groups is 1. The van der Waals surface area contributed by atoms with Gasteiger partial charge in [-0.25, -0.2) is 0 Å². The molecule has 1 N–H and O–H groups in total. The normalized spacial score (nSPS) is 20.9. The van der Waals surface area contributed by atoms with Gasteiger partial charge in [0.25, 0.3) is 0 Å². The molecule has 1 heterocycles. The summed E-state index contributed by atoms with van der Waals surface area (Å²) in [4.78, 5) is 27.6. The molecular weight excluding hydrogens is 272 g/mol. The van der Waals surface area contributed by atoms with E-state index >= 15 is 0 Å². The van der Waals surface area contributed by atoms with E-state index < -0.39 is 11.1 Å². The summed E-state index contributed by atoms with van der Waals surface area (Å²) in [7, 11) is 0. The van der Waals surface area contributed by atoms with Gasteiger partial charge in [-0.1, -0.05) is 27.7 Å². The van der Waals surface area contributed by atoms with Crippen LogP contribution in [0.15, 0.2) is 0 Å². The number of carbonyl (C=O) groups is 2. The van der Waals surface area contributed by atoms with E-state index in [-0.39, 0.29) is 11.8 Å². The van der Waals surface area contributed by atoms with Gasteiger partial charge < -0.3 is 10.2 Å². The number of carbonyl (C=O) groups excluding carboxylic acids is 2. The minimum Gasteiger partial charge on any atom is -0.340 e. The average molecular weight is 300 g/mol. The predicted octanol–water partition coefficient (Wildman–Crippen LogP) is 2.43. The topological polar surface area (TPSA) is 49.4 Å². The van der Waals surface area contributed by atoms with Crippen LogP contribution in [0.25, 0.3) is 0 Å². The highest BCUT2D eigenvalue weighted by Crippen LogP contribution is 2.34. The molecule has 0 aromatic rings. The number of amides is 2. The smallest absolute Gasteiger partial charge is 0.249 e. The van der Waals surface area contributed by atoms with Crippen LogP contribution in [0.3, 0.4) is 0 Å². The summed E-state index contributed by atoms with van der Waals surface area (Å²) >= 11 is 1.71. The van der Waals surface area contributed by atoms with Crippen LogP contribution in [0.1, 0.15) is 53.4 Å². The lowest BCUT2D eigenvalue weighted by atomic mass is 9.79. The molecule has 0 spiro atoms. The molecule has 116 valence electrons. The van der Waals surface area contributed by atoms with Crippen molar-refractivity contribution in [3.05, 3.63) is 0 Å². The van der Waals surface area contributed by atoms with E-state index in [1.54, 1.807) is 11.8 Å². The second-order valence-corrected chi connectivity index (χ2v) is 6.42. The Morgan fingerprint density at radius 2 is 1.60 bits per heavy atom. The average Bonchev–Trinajstić information content (AvgIpc) is 2.48. The quantitative estimate of drug-likeness (QED) is 0.785. The van der Waals surface area contributed by atoms with E-state index in [1.807, 2.05) is 38.9 Å². The summed E-state index contributed by atoms with van der Waals surface area (Å²) in [6.07, 6.45) is 4.65. The first-order valence-electron chi connectivity index (χ1n) is 7.61. The Kier molecular flexibility index (Phi) is 5.92. The van der Waals surface area contributed by atoms with Gasteiger partial charge in [0.15, 0.2) is 0 Å². The Bertz CT molecular complexity index is 363. The van der Waals surface area contributed by atoms with Crippen molar-refractivity contribution in [2.24, 2.45) is 0 Å². The predicted molar refractivity (Wildman–Crippen MR) is 84.9 cm³/mol. The molecule has 1 aliphatic rings. The van der Waals surface area contributed by atoms with Crippen molar-refractivity contribution < 1.29 is 9.59 Å². The van der Waals surface area contributed by atoms with E-state index in [2.05, 4.69) is 5.32 Å². The maximum atomic E-state index is 13.0. The van der Waals surface area contributed by atoms with Crippen LogP contribution in [-0.4, -0.2) is 46.3 Å². The van der Waals surface area contributed by atoms with Crippen molar-refractivity contribution in [2.45, 2.75) is 64.5 Å². The molecular formula is C15H28N2O2S. The van der Waals surface area contributed by atoms with Crippen LogP contribution >= 0.6 is 11.8 Å². The Balaban J connectivity index is 3.23. The second kappa shape index (κ2) is 6.83. The Morgan fingerprint density at radius 3 is 2.00 bits per heavy atom. The number of rotatable bonds is 7. The zero-order valence-electron chi connectivity index (χ0n) is 13.4. The molecule has 2 amide bonds. The third kappa shape index (κ3) is 2.57. The monoisotopic (exact) mass is 300 g/mol. The largest absolute Gasteiger partial charge is 0.340 e. The second-order valence-electron chi connectivity index (χ2n) is 5.43. The van der Waals surface area contributed by atoms with Gasteiger partial charge in [-0.2, -0.15) is 11.8 Å². The summed E-state index contributed by atoms with van der Waals surface area (Å²) in [6.45, 7) is 8.58. The van der Waals surface area contributed by atoms with E-state index in [9.17, 15) is 9.59 Å². The van der Waals surface area contributed by atoms with Gasteiger partial charge >= 0.3 is 0 Å². The molecule has 0 bridgehead atoms. The standard InChI is InChI=1S/C15H28N2O2S/c1-6-14(7-2)13(19)17(10-11-20-5)15(8-3,9-4)12(18)16-14/h6-11H2,1-5H3,(H,16,18). The number of nitrogens with zero attached hydrogens (tertiary/aromatic N) is 1. The van der Waals surface area contributed by atoms with Gasteiger partial charge in [-0.3, -0.25) is 9.59 Å². The number of nitrogens with one attached hydrogen (secondary N) is 1. The highest BCUT2D eigenvalue weighted by atomic mass is 32.2. The number of piperazine rings is 1. The fraction of sp³-hybridized carbons (Fsp3) is 0.867. The first kappa shape index (κ1) is 17.3. The fourth-order valence-corrected chi connectivity index (χ4v) is 3.51. The molecule has 0 aromatic carbocycles. The first-order valence-corrected chi connectivity index (χ1v) is 9.01. The van der Waals surface area contributed by atoms with Crippen LogP contribution in [0.4, 0.5) is 0 Å². The zero-order valence-corrected chi connectivity index (χ0v) is 14.2. The van der Waals surface area contributed by atoms with Gasteiger partial charge in [0.2, 0.25) is 11.8 Å². The summed E-state index contributed by atoms with van der Waals surface area (Å²) in [5, 5.41) is 3.04. The van der Waals surface area contributed by atoms with Crippen molar-refractivity contribution in [3.8, 4) is 0 Å². The summed E-state index contributed by atoms with van der Waals surface area (Å²) in [6, 6.07) is 0. The van der Waals surface area contributed by atoms with Crippen molar-refractivity contribution in [1.29, 1.82) is 0 Å². The van der Waals surface area contributed by atoms with Gasteiger partial charge in [-0.15, -0.1) is 0 Å². The van der Waals surface area contributed by atoms with Crippen molar-refractivity contribution in [3.63, 3.8) is 0 Å². The van der Waals surface area contributed by atoms with Crippen LogP contribution in [0, 0.1) is 0 Å². The van der Waals surface area contributed by atoms with E-state index in [4.69, 9.17) is 0 Å². The molecule has 0 atom stereocenters. The maximum Gasteiger partial charge on any atom is 0.249 e. The van der Waals surface area contributed by atoms with Crippen LogP contribution < -0.4 is 5.32 Å². The molecule has 1 aliphatic heterocycles.